The number of ether oxygens (including phenoxy) is 5. The number of hydrogen-bond acceptors (Lipinski definition) is 9. The average Bonchev–Trinajstić information content (AvgIpc) is 2.88. The van der Waals surface area contributed by atoms with E-state index in [-0.39, 0.29) is 25.5 Å². The number of rotatable bonds is 13. The number of amides is 1. The number of nitrogens with one attached hydrogen (secondary N) is 1. The van der Waals surface area contributed by atoms with E-state index in [1.54, 1.807) is 0 Å². The van der Waals surface area contributed by atoms with E-state index in [4.69, 9.17) is 28.8 Å². The minimum atomic E-state index is -1.13. The van der Waals surface area contributed by atoms with Crippen molar-refractivity contribution in [2.24, 2.45) is 0 Å². The summed E-state index contributed by atoms with van der Waals surface area (Å²) in [6.07, 6.45) is 0.0129. The molecule has 0 saturated carbocycles. The van der Waals surface area contributed by atoms with Crippen LogP contribution in [-0.4, -0.2) is 78.7 Å². The molecular weight excluding hydrogens is 470 g/mol. The molecule has 0 spiro atoms. The Kier molecular flexibility index (Phi) is 11.6. The van der Waals surface area contributed by atoms with Crippen LogP contribution in [0, 0.1) is 0 Å². The van der Waals surface area contributed by atoms with Gasteiger partial charge in [0.1, 0.15) is 24.4 Å². The molecule has 3 N–H and O–H groups in total. The van der Waals surface area contributed by atoms with E-state index in [1.807, 2.05) is 30.3 Å². The number of hydrogen-bond donors (Lipinski definition) is 3. The Labute approximate surface area is 212 Å². The normalized spacial score (nSPS) is 28.7. The Hall–Kier alpha value is -2.08. The summed E-state index contributed by atoms with van der Waals surface area (Å²) in [5.41, 5.74) is 0.803. The van der Waals surface area contributed by atoms with Crippen LogP contribution in [0.15, 0.2) is 30.3 Å². The highest BCUT2D eigenvalue weighted by atomic mass is 16.8. The number of esters is 1. The third-order valence-electron chi connectivity index (χ3n) is 6.20. The molecule has 36 heavy (non-hydrogen) atoms. The maximum Gasteiger partial charge on any atom is 0.306 e. The molecule has 7 atom stereocenters. The first kappa shape index (κ1) is 28.5. The van der Waals surface area contributed by atoms with Gasteiger partial charge in [-0.25, -0.2) is 0 Å². The topological polar surface area (TPSA) is 133 Å². The number of aliphatic hydroxyl groups is 2. The molecule has 3 rings (SSSR count). The molecule has 0 radical (unpaired) electrons. The van der Waals surface area contributed by atoms with Gasteiger partial charge in [-0.3, -0.25) is 9.59 Å². The number of unbranched alkanes of at least 4 members (excludes halogenated alkanes) is 4. The fraction of sp³-hybridized carbons (Fsp3) is 0.692. The Morgan fingerprint density at radius 1 is 1.14 bits per heavy atom. The molecule has 1 amide bonds. The predicted octanol–water partition coefficient (Wildman–Crippen LogP) is 1.97. The molecule has 2 aliphatic heterocycles. The van der Waals surface area contributed by atoms with Crippen LogP contribution in [0.1, 0.15) is 64.2 Å². The molecule has 2 fully saturated rings. The Morgan fingerprint density at radius 3 is 2.58 bits per heavy atom. The van der Waals surface area contributed by atoms with Crippen LogP contribution in [0.2, 0.25) is 0 Å². The molecule has 1 aromatic carbocycles. The molecule has 202 valence electrons. The Morgan fingerprint density at radius 2 is 1.89 bits per heavy atom. The fourth-order valence-electron chi connectivity index (χ4n) is 4.36. The molecule has 10 nitrogen and oxygen atoms in total. The summed E-state index contributed by atoms with van der Waals surface area (Å²) >= 11 is 0. The zero-order valence-corrected chi connectivity index (χ0v) is 21.0. The summed E-state index contributed by atoms with van der Waals surface area (Å²) < 4.78 is 29.8. The van der Waals surface area contributed by atoms with E-state index in [0.717, 1.165) is 31.2 Å². The van der Waals surface area contributed by atoms with Crippen molar-refractivity contribution in [2.45, 2.75) is 95.4 Å². The van der Waals surface area contributed by atoms with Crippen molar-refractivity contribution in [3.05, 3.63) is 35.9 Å². The van der Waals surface area contributed by atoms with Crippen LogP contribution >= 0.6 is 0 Å². The van der Waals surface area contributed by atoms with Gasteiger partial charge >= 0.3 is 5.97 Å². The minimum absolute atomic E-state index is 0.143. The highest BCUT2D eigenvalue weighted by Gasteiger charge is 2.52. The van der Waals surface area contributed by atoms with Crippen molar-refractivity contribution < 1.29 is 43.5 Å². The molecule has 10 heteroatoms. The maximum absolute atomic E-state index is 12.8. The Bertz CT molecular complexity index is 808. The van der Waals surface area contributed by atoms with Gasteiger partial charge < -0.3 is 39.2 Å². The lowest BCUT2D eigenvalue weighted by molar-refractivity contribution is -0.346. The van der Waals surface area contributed by atoms with Crippen LogP contribution in [0.5, 0.6) is 0 Å². The molecule has 2 saturated heterocycles. The molecule has 0 unspecified atom stereocenters. The van der Waals surface area contributed by atoms with Crippen LogP contribution < -0.4 is 5.32 Å². The number of carbonyl (C=O) groups excluding carboxylic acids is 2. The van der Waals surface area contributed by atoms with E-state index in [9.17, 15) is 14.7 Å². The first-order chi connectivity index (χ1) is 17.4. The van der Waals surface area contributed by atoms with Crippen molar-refractivity contribution in [1.82, 2.24) is 5.32 Å². The quantitative estimate of drug-likeness (QED) is 0.270. The highest BCUT2D eigenvalue weighted by Crippen LogP contribution is 2.36. The molecule has 1 aromatic rings. The third kappa shape index (κ3) is 8.22. The minimum Gasteiger partial charge on any atom is -0.457 e. The largest absolute Gasteiger partial charge is 0.457 e. The summed E-state index contributed by atoms with van der Waals surface area (Å²) in [7, 11) is 0. The van der Waals surface area contributed by atoms with Gasteiger partial charge in [-0.2, -0.15) is 0 Å². The van der Waals surface area contributed by atoms with E-state index < -0.39 is 55.6 Å². The van der Waals surface area contributed by atoms with E-state index >= 15 is 0 Å². The standard InChI is InChI=1S/C26H39NO9/c1-3-4-5-6-10-13-21(31)35-24-22(27-17(2)29)26(32-15-19(30)14-28)34-20-16-33-25(36-23(20)24)18-11-8-7-9-12-18/h7-9,11-12,19-20,22-26,28,30H,3-6,10,13-16H2,1-2H3,(H,27,29)/t19-,20-,22-,23-,24-,25-,26-/m1/s1. The number of carbonyl (C=O) groups is 2. The summed E-state index contributed by atoms with van der Waals surface area (Å²) in [6.45, 7) is 2.89. The first-order valence-corrected chi connectivity index (χ1v) is 12.8. The van der Waals surface area contributed by atoms with Crippen molar-refractivity contribution in [1.29, 1.82) is 0 Å². The zero-order valence-electron chi connectivity index (χ0n) is 21.0. The lowest BCUT2D eigenvalue weighted by Crippen LogP contribution is -2.67. The Balaban J connectivity index is 1.78. The van der Waals surface area contributed by atoms with Crippen molar-refractivity contribution >= 4 is 11.9 Å². The summed E-state index contributed by atoms with van der Waals surface area (Å²) in [4.78, 5) is 24.9. The smallest absolute Gasteiger partial charge is 0.306 e. The highest BCUT2D eigenvalue weighted by molar-refractivity contribution is 5.73. The number of benzene rings is 1. The van der Waals surface area contributed by atoms with Crippen LogP contribution in [0.25, 0.3) is 0 Å². The van der Waals surface area contributed by atoms with Gasteiger partial charge in [0.25, 0.3) is 0 Å². The van der Waals surface area contributed by atoms with E-state index in [1.165, 1.54) is 6.92 Å². The maximum atomic E-state index is 12.8. The monoisotopic (exact) mass is 509 g/mol. The summed E-state index contributed by atoms with van der Waals surface area (Å²) in [6, 6.07) is 8.49. The first-order valence-electron chi connectivity index (χ1n) is 12.8. The molecule has 2 heterocycles. The van der Waals surface area contributed by atoms with Crippen LogP contribution in [0.3, 0.4) is 0 Å². The summed E-state index contributed by atoms with van der Waals surface area (Å²) in [5.74, 6) is -0.765. The van der Waals surface area contributed by atoms with Crippen LogP contribution in [-0.2, 0) is 33.3 Å². The van der Waals surface area contributed by atoms with Gasteiger partial charge in [0, 0.05) is 18.9 Å². The van der Waals surface area contributed by atoms with E-state index in [0.29, 0.717) is 6.42 Å². The van der Waals surface area contributed by atoms with Gasteiger partial charge in [-0.15, -0.1) is 0 Å². The van der Waals surface area contributed by atoms with Crippen molar-refractivity contribution in [3.63, 3.8) is 0 Å². The molecule has 0 aromatic heterocycles. The average molecular weight is 510 g/mol. The fourth-order valence-corrected chi connectivity index (χ4v) is 4.36. The van der Waals surface area contributed by atoms with Gasteiger partial charge in [0.15, 0.2) is 18.7 Å². The van der Waals surface area contributed by atoms with Gasteiger partial charge in [0.05, 0.1) is 19.8 Å². The predicted molar refractivity (Wildman–Crippen MR) is 129 cm³/mol. The lowest BCUT2D eigenvalue weighted by atomic mass is 9.95. The molecule has 2 aliphatic rings. The lowest BCUT2D eigenvalue weighted by Gasteiger charge is -2.48. The van der Waals surface area contributed by atoms with Gasteiger partial charge in [-0.1, -0.05) is 62.9 Å². The number of aliphatic hydroxyl groups excluding tert-OH is 2. The SMILES string of the molecule is CCCCCCCC(=O)O[C@@H]1[C@@H](NC(C)=O)[C@H](OC[C@H](O)CO)O[C@@H]2CO[C@@H](c3ccccc3)O[C@@H]12. The molecule has 0 bridgehead atoms. The molecular formula is C26H39NO9. The van der Waals surface area contributed by atoms with Crippen LogP contribution in [0.4, 0.5) is 0 Å². The second kappa shape index (κ2) is 14.6. The van der Waals surface area contributed by atoms with Crippen molar-refractivity contribution in [3.8, 4) is 0 Å². The number of fused-ring (bicyclic) bond motifs is 1. The second-order valence-electron chi connectivity index (χ2n) is 9.23. The van der Waals surface area contributed by atoms with Gasteiger partial charge in [0.2, 0.25) is 5.91 Å². The second-order valence-corrected chi connectivity index (χ2v) is 9.23. The van der Waals surface area contributed by atoms with Gasteiger partial charge in [-0.05, 0) is 6.42 Å². The zero-order chi connectivity index (χ0) is 25.9. The van der Waals surface area contributed by atoms with E-state index in [2.05, 4.69) is 12.2 Å². The molecule has 0 aliphatic carbocycles. The summed E-state index contributed by atoms with van der Waals surface area (Å²) in [5, 5.41) is 21.7. The van der Waals surface area contributed by atoms with Crippen molar-refractivity contribution in [2.75, 3.05) is 19.8 Å². The third-order valence-corrected chi connectivity index (χ3v) is 6.20.